The van der Waals surface area contributed by atoms with Gasteiger partial charge < -0.3 is 5.11 Å². The van der Waals surface area contributed by atoms with Gasteiger partial charge in [-0.05, 0) is 26.7 Å². The molecule has 100 valence electrons. The zero-order chi connectivity index (χ0) is 13.1. The molecule has 1 rings (SSSR count). The number of hydrogen-bond donors (Lipinski definition) is 3. The van der Waals surface area contributed by atoms with Crippen molar-refractivity contribution in [2.24, 2.45) is 5.92 Å². The zero-order valence-electron chi connectivity index (χ0n) is 10.1. The summed E-state index contributed by atoms with van der Waals surface area (Å²) in [4.78, 5) is 11.0. The number of carbonyl (C=O) groups is 1. The van der Waals surface area contributed by atoms with Crippen LogP contribution in [-0.4, -0.2) is 31.6 Å². The van der Waals surface area contributed by atoms with Crippen molar-refractivity contribution in [2.75, 3.05) is 0 Å². The van der Waals surface area contributed by atoms with Gasteiger partial charge in [0.2, 0.25) is 0 Å². The molecule has 0 saturated heterocycles. The monoisotopic (exact) mass is 264 g/mol. The fourth-order valence-electron chi connectivity index (χ4n) is 2.11. The quantitative estimate of drug-likeness (QED) is 0.672. The molecular formula is C10H20N2O4S. The number of hydrogen-bond acceptors (Lipinski definition) is 3. The van der Waals surface area contributed by atoms with E-state index >= 15 is 0 Å². The van der Waals surface area contributed by atoms with Gasteiger partial charge in [0.15, 0.2) is 0 Å². The van der Waals surface area contributed by atoms with Gasteiger partial charge in [-0.2, -0.15) is 17.9 Å². The molecule has 0 spiro atoms. The van der Waals surface area contributed by atoms with Gasteiger partial charge in [0.1, 0.15) is 0 Å². The smallest absolute Gasteiger partial charge is 0.308 e. The minimum atomic E-state index is -3.61. The van der Waals surface area contributed by atoms with Crippen LogP contribution >= 0.6 is 0 Å². The lowest BCUT2D eigenvalue weighted by Gasteiger charge is -2.29. The van der Waals surface area contributed by atoms with Crippen molar-refractivity contribution in [3.8, 4) is 0 Å². The van der Waals surface area contributed by atoms with E-state index in [4.69, 9.17) is 5.11 Å². The Hall–Kier alpha value is -0.660. The van der Waals surface area contributed by atoms with E-state index in [0.29, 0.717) is 12.8 Å². The summed E-state index contributed by atoms with van der Waals surface area (Å²) in [6.45, 7) is 3.43. The second-order valence-electron chi connectivity index (χ2n) is 4.73. The van der Waals surface area contributed by atoms with Gasteiger partial charge in [0, 0.05) is 12.1 Å². The fraction of sp³-hybridized carbons (Fsp3) is 0.900. The van der Waals surface area contributed by atoms with Gasteiger partial charge in [-0.3, -0.25) is 4.79 Å². The molecule has 1 saturated carbocycles. The second kappa shape index (κ2) is 5.79. The van der Waals surface area contributed by atoms with Crippen LogP contribution in [0, 0.1) is 5.92 Å². The van der Waals surface area contributed by atoms with Gasteiger partial charge in [-0.15, -0.1) is 0 Å². The molecule has 0 aliphatic heterocycles. The summed E-state index contributed by atoms with van der Waals surface area (Å²) in [5.41, 5.74) is 0. The van der Waals surface area contributed by atoms with Crippen LogP contribution in [0.1, 0.15) is 39.5 Å². The SMILES string of the molecule is CC(C)NS(=O)(=O)NC1CCCCC1C(=O)O. The molecule has 0 aromatic rings. The minimum absolute atomic E-state index is 0.209. The molecule has 0 bridgehead atoms. The summed E-state index contributed by atoms with van der Waals surface area (Å²) in [6, 6.07) is -0.711. The third-order valence-electron chi connectivity index (χ3n) is 2.78. The molecule has 1 fully saturated rings. The highest BCUT2D eigenvalue weighted by Gasteiger charge is 2.33. The summed E-state index contributed by atoms with van der Waals surface area (Å²) >= 11 is 0. The lowest BCUT2D eigenvalue weighted by Crippen LogP contribution is -2.50. The first-order valence-corrected chi connectivity index (χ1v) is 7.32. The number of rotatable bonds is 5. The van der Waals surface area contributed by atoms with Crippen molar-refractivity contribution in [2.45, 2.75) is 51.6 Å². The maximum atomic E-state index is 11.7. The van der Waals surface area contributed by atoms with Crippen molar-refractivity contribution >= 4 is 16.2 Å². The lowest BCUT2D eigenvalue weighted by molar-refractivity contribution is -0.143. The molecule has 0 aromatic carbocycles. The standard InChI is InChI=1S/C10H20N2O4S/c1-7(2)11-17(15,16)12-9-6-4-3-5-8(9)10(13)14/h7-9,11-12H,3-6H2,1-2H3,(H,13,14). The topological polar surface area (TPSA) is 95.5 Å². The molecular weight excluding hydrogens is 244 g/mol. The predicted octanol–water partition coefficient (Wildman–Crippen LogP) is 0.462. The Bertz CT molecular complexity index is 367. The van der Waals surface area contributed by atoms with E-state index in [1.807, 2.05) is 0 Å². The highest BCUT2D eigenvalue weighted by molar-refractivity contribution is 7.87. The van der Waals surface area contributed by atoms with E-state index in [2.05, 4.69) is 9.44 Å². The first kappa shape index (κ1) is 14.4. The fourth-order valence-corrected chi connectivity index (χ4v) is 3.48. The van der Waals surface area contributed by atoms with E-state index < -0.39 is 28.1 Å². The van der Waals surface area contributed by atoms with Gasteiger partial charge in [0.05, 0.1) is 5.92 Å². The molecule has 1 aliphatic rings. The van der Waals surface area contributed by atoms with Crippen LogP contribution in [0.3, 0.4) is 0 Å². The van der Waals surface area contributed by atoms with Crippen molar-refractivity contribution in [1.82, 2.24) is 9.44 Å². The Morgan fingerprint density at radius 2 is 1.88 bits per heavy atom. The molecule has 0 radical (unpaired) electrons. The highest BCUT2D eigenvalue weighted by Crippen LogP contribution is 2.25. The third kappa shape index (κ3) is 4.61. The van der Waals surface area contributed by atoms with Crippen LogP contribution in [0.15, 0.2) is 0 Å². The van der Waals surface area contributed by atoms with Crippen LogP contribution in [0.2, 0.25) is 0 Å². The van der Waals surface area contributed by atoms with E-state index in [9.17, 15) is 13.2 Å². The van der Waals surface area contributed by atoms with Gasteiger partial charge in [-0.25, -0.2) is 0 Å². The zero-order valence-corrected chi connectivity index (χ0v) is 11.0. The van der Waals surface area contributed by atoms with Crippen LogP contribution in [0.25, 0.3) is 0 Å². The number of nitrogens with one attached hydrogen (secondary N) is 2. The summed E-state index contributed by atoms with van der Waals surface area (Å²) in [7, 11) is -3.61. The lowest BCUT2D eigenvalue weighted by atomic mass is 9.85. The van der Waals surface area contributed by atoms with Crippen LogP contribution in [-0.2, 0) is 15.0 Å². The Morgan fingerprint density at radius 3 is 2.41 bits per heavy atom. The molecule has 17 heavy (non-hydrogen) atoms. The Kier molecular flexibility index (Phi) is 4.91. The first-order valence-electron chi connectivity index (χ1n) is 5.84. The largest absolute Gasteiger partial charge is 0.481 e. The third-order valence-corrected chi connectivity index (χ3v) is 4.18. The Labute approximate surface area is 102 Å². The molecule has 7 heteroatoms. The molecule has 0 aromatic heterocycles. The molecule has 0 amide bonds. The van der Waals surface area contributed by atoms with Gasteiger partial charge in [0.25, 0.3) is 10.2 Å². The molecule has 2 atom stereocenters. The average molecular weight is 264 g/mol. The molecule has 6 nitrogen and oxygen atoms in total. The molecule has 0 heterocycles. The summed E-state index contributed by atoms with van der Waals surface area (Å²) in [6.07, 6.45) is 2.81. The Balaban J connectivity index is 2.68. The molecule has 1 aliphatic carbocycles. The van der Waals surface area contributed by atoms with E-state index in [1.54, 1.807) is 13.8 Å². The van der Waals surface area contributed by atoms with E-state index in [-0.39, 0.29) is 6.04 Å². The van der Waals surface area contributed by atoms with E-state index in [1.165, 1.54) is 0 Å². The van der Waals surface area contributed by atoms with Crippen LogP contribution in [0.5, 0.6) is 0 Å². The second-order valence-corrected chi connectivity index (χ2v) is 6.21. The average Bonchev–Trinajstić information content (AvgIpc) is 2.14. The maximum Gasteiger partial charge on any atom is 0.308 e. The highest BCUT2D eigenvalue weighted by atomic mass is 32.2. The first-order chi connectivity index (χ1) is 7.82. The predicted molar refractivity (Wildman–Crippen MR) is 63.7 cm³/mol. The van der Waals surface area contributed by atoms with Crippen molar-refractivity contribution in [3.63, 3.8) is 0 Å². The number of carboxylic acids is 1. The minimum Gasteiger partial charge on any atom is -0.481 e. The maximum absolute atomic E-state index is 11.7. The van der Waals surface area contributed by atoms with Crippen molar-refractivity contribution < 1.29 is 18.3 Å². The van der Waals surface area contributed by atoms with Crippen molar-refractivity contribution in [1.29, 1.82) is 0 Å². The normalized spacial score (nSPS) is 26.1. The molecule has 2 unspecified atom stereocenters. The number of aliphatic carboxylic acids is 1. The van der Waals surface area contributed by atoms with Gasteiger partial charge >= 0.3 is 5.97 Å². The molecule has 3 N–H and O–H groups in total. The summed E-state index contributed by atoms with van der Waals surface area (Å²) < 4.78 is 28.2. The van der Waals surface area contributed by atoms with Crippen LogP contribution in [0.4, 0.5) is 0 Å². The number of carboxylic acid groups (broad SMARTS) is 1. The Morgan fingerprint density at radius 1 is 1.29 bits per heavy atom. The summed E-state index contributed by atoms with van der Waals surface area (Å²) in [5.74, 6) is -1.55. The van der Waals surface area contributed by atoms with Crippen LogP contribution < -0.4 is 9.44 Å². The summed E-state index contributed by atoms with van der Waals surface area (Å²) in [5, 5.41) is 9.03. The van der Waals surface area contributed by atoms with E-state index in [0.717, 1.165) is 12.8 Å². The van der Waals surface area contributed by atoms with Gasteiger partial charge in [-0.1, -0.05) is 12.8 Å². The van der Waals surface area contributed by atoms with Crippen molar-refractivity contribution in [3.05, 3.63) is 0 Å².